The van der Waals surface area contributed by atoms with E-state index in [2.05, 4.69) is 44.7 Å². The Balaban J connectivity index is 2.43. The second kappa shape index (κ2) is 4.77. The highest BCUT2D eigenvalue weighted by molar-refractivity contribution is 6.00. The summed E-state index contributed by atoms with van der Waals surface area (Å²) in [6.45, 7) is 12.0. The molecule has 0 spiro atoms. The van der Waals surface area contributed by atoms with Crippen LogP contribution in [0.4, 0.5) is 5.69 Å². The van der Waals surface area contributed by atoms with Gasteiger partial charge in [-0.3, -0.25) is 5.41 Å². The van der Waals surface area contributed by atoms with Gasteiger partial charge in [-0.2, -0.15) is 0 Å². The lowest BCUT2D eigenvalue weighted by Gasteiger charge is -2.48. The van der Waals surface area contributed by atoms with Crippen molar-refractivity contribution in [2.45, 2.75) is 45.8 Å². The molecule has 0 bridgehead atoms. The highest BCUT2D eigenvalue weighted by atomic mass is 16.5. The molecular weight excluding hydrogens is 250 g/mol. The number of aryl methyl sites for hydroxylation is 1. The molecule has 3 N–H and O–H groups in total. The fraction of sp³-hybridized carbons (Fsp3) is 0.562. The zero-order valence-electron chi connectivity index (χ0n) is 13.1. The van der Waals surface area contributed by atoms with Crippen molar-refractivity contribution >= 4 is 11.5 Å². The average Bonchev–Trinajstić information content (AvgIpc) is 2.24. The Bertz CT molecular complexity index is 519. The van der Waals surface area contributed by atoms with Gasteiger partial charge < -0.3 is 15.4 Å². The number of hydrogen-bond donors (Lipinski definition) is 2. The summed E-state index contributed by atoms with van der Waals surface area (Å²) in [4.78, 5) is 2.28. The molecule has 0 amide bonds. The average molecular weight is 275 g/mol. The fourth-order valence-corrected chi connectivity index (χ4v) is 3.10. The number of hydrogen-bond acceptors (Lipinski definition) is 3. The van der Waals surface area contributed by atoms with Crippen LogP contribution >= 0.6 is 0 Å². The first-order valence-corrected chi connectivity index (χ1v) is 7.00. The Kier molecular flexibility index (Phi) is 3.54. The third-order valence-electron chi connectivity index (χ3n) is 3.48. The van der Waals surface area contributed by atoms with Crippen molar-refractivity contribution in [2.75, 3.05) is 18.0 Å². The molecule has 0 unspecified atom stereocenters. The first-order chi connectivity index (χ1) is 9.10. The van der Waals surface area contributed by atoms with Gasteiger partial charge in [-0.05, 0) is 46.8 Å². The minimum atomic E-state index is -0.222. The van der Waals surface area contributed by atoms with E-state index in [1.807, 2.05) is 13.0 Å². The van der Waals surface area contributed by atoms with Crippen LogP contribution in [0.15, 0.2) is 18.2 Å². The number of ether oxygens (including phenoxy) is 1. The zero-order chi connectivity index (χ0) is 15.1. The van der Waals surface area contributed by atoms with Crippen LogP contribution < -0.4 is 10.6 Å². The predicted octanol–water partition coefficient (Wildman–Crippen LogP) is 2.67. The maximum Gasteiger partial charge on any atom is 0.124 e. The number of nitrogens with one attached hydrogen (secondary N) is 1. The summed E-state index contributed by atoms with van der Waals surface area (Å²) < 4.78 is 6.11. The number of morpholine rings is 1. The van der Waals surface area contributed by atoms with Crippen LogP contribution in [0.2, 0.25) is 0 Å². The van der Waals surface area contributed by atoms with E-state index in [1.165, 1.54) is 0 Å². The number of nitrogens with two attached hydrogens (primary N) is 1. The van der Waals surface area contributed by atoms with Gasteiger partial charge in [0.1, 0.15) is 5.84 Å². The third kappa shape index (κ3) is 3.12. The molecule has 2 rings (SSSR count). The Labute approximate surface area is 121 Å². The van der Waals surface area contributed by atoms with Crippen LogP contribution in [0.3, 0.4) is 0 Å². The van der Waals surface area contributed by atoms with Crippen LogP contribution in [0.25, 0.3) is 0 Å². The number of anilines is 1. The summed E-state index contributed by atoms with van der Waals surface area (Å²) in [7, 11) is 0. The third-order valence-corrected chi connectivity index (χ3v) is 3.48. The number of amidine groups is 1. The second-order valence-corrected chi connectivity index (χ2v) is 6.91. The summed E-state index contributed by atoms with van der Waals surface area (Å²) in [5.74, 6) is 0.116. The van der Waals surface area contributed by atoms with Gasteiger partial charge in [0, 0.05) is 24.3 Å². The molecule has 1 aliphatic heterocycles. The molecular formula is C16H25N3O. The molecule has 1 aromatic carbocycles. The van der Waals surface area contributed by atoms with Gasteiger partial charge in [-0.1, -0.05) is 11.6 Å². The lowest BCUT2D eigenvalue weighted by atomic mass is 9.97. The number of nitrogens with zero attached hydrogens (tertiary/aromatic N) is 1. The van der Waals surface area contributed by atoms with E-state index in [0.29, 0.717) is 0 Å². The van der Waals surface area contributed by atoms with Crippen LogP contribution in [0, 0.1) is 12.3 Å². The molecule has 20 heavy (non-hydrogen) atoms. The Hall–Kier alpha value is -1.55. The molecule has 0 saturated carbocycles. The standard InChI is InChI=1S/C16H25N3O/c1-11-6-7-13(12(8-11)14(17)18)19-9-15(2,3)20-16(4,5)10-19/h6-8H,9-10H2,1-5H3,(H3,17,18). The topological polar surface area (TPSA) is 62.3 Å². The van der Waals surface area contributed by atoms with Crippen molar-refractivity contribution < 1.29 is 4.74 Å². The number of nitrogen functional groups attached to an aromatic ring is 1. The predicted molar refractivity (Wildman–Crippen MR) is 83.7 cm³/mol. The van der Waals surface area contributed by atoms with Crippen molar-refractivity contribution in [3.05, 3.63) is 29.3 Å². The molecule has 1 fully saturated rings. The maximum absolute atomic E-state index is 7.81. The summed E-state index contributed by atoms with van der Waals surface area (Å²) in [5, 5.41) is 7.81. The van der Waals surface area contributed by atoms with Gasteiger partial charge in [0.15, 0.2) is 0 Å². The number of benzene rings is 1. The molecule has 1 aromatic rings. The summed E-state index contributed by atoms with van der Waals surface area (Å²) in [6.07, 6.45) is 0. The molecule has 0 atom stereocenters. The SMILES string of the molecule is Cc1ccc(N2CC(C)(C)OC(C)(C)C2)c(C(=N)N)c1. The molecule has 4 heteroatoms. The van der Waals surface area contributed by atoms with E-state index in [-0.39, 0.29) is 17.0 Å². The Morgan fingerprint density at radius 2 is 1.75 bits per heavy atom. The normalized spacial score (nSPS) is 20.8. The number of rotatable bonds is 2. The minimum absolute atomic E-state index is 0.116. The van der Waals surface area contributed by atoms with Crippen LogP contribution in [0.5, 0.6) is 0 Å². The van der Waals surface area contributed by atoms with E-state index in [0.717, 1.165) is 29.9 Å². The fourth-order valence-electron chi connectivity index (χ4n) is 3.10. The molecule has 0 aliphatic carbocycles. The summed E-state index contributed by atoms with van der Waals surface area (Å²) in [6, 6.07) is 6.11. The van der Waals surface area contributed by atoms with Gasteiger partial charge >= 0.3 is 0 Å². The van der Waals surface area contributed by atoms with Gasteiger partial charge in [0.05, 0.1) is 11.2 Å². The highest BCUT2D eigenvalue weighted by Crippen LogP contribution is 2.33. The van der Waals surface area contributed by atoms with Crippen LogP contribution in [-0.2, 0) is 4.74 Å². The molecule has 1 aliphatic rings. The van der Waals surface area contributed by atoms with Crippen molar-refractivity contribution in [1.82, 2.24) is 0 Å². The van der Waals surface area contributed by atoms with Crippen molar-refractivity contribution in [1.29, 1.82) is 5.41 Å². The van der Waals surface area contributed by atoms with E-state index >= 15 is 0 Å². The van der Waals surface area contributed by atoms with Gasteiger partial charge in [0.2, 0.25) is 0 Å². The molecule has 110 valence electrons. The second-order valence-electron chi connectivity index (χ2n) is 6.91. The highest BCUT2D eigenvalue weighted by Gasteiger charge is 2.38. The maximum atomic E-state index is 7.81. The van der Waals surface area contributed by atoms with E-state index < -0.39 is 0 Å². The van der Waals surface area contributed by atoms with Gasteiger partial charge in [-0.15, -0.1) is 0 Å². The van der Waals surface area contributed by atoms with Gasteiger partial charge in [-0.25, -0.2) is 0 Å². The first kappa shape index (κ1) is 14.9. The Morgan fingerprint density at radius 1 is 1.20 bits per heavy atom. The van der Waals surface area contributed by atoms with Crippen molar-refractivity contribution in [3.63, 3.8) is 0 Å². The van der Waals surface area contributed by atoms with Crippen molar-refractivity contribution in [2.24, 2.45) is 5.73 Å². The quantitative estimate of drug-likeness (QED) is 0.644. The van der Waals surface area contributed by atoms with E-state index in [9.17, 15) is 0 Å². The molecule has 4 nitrogen and oxygen atoms in total. The minimum Gasteiger partial charge on any atom is -0.384 e. The van der Waals surface area contributed by atoms with Gasteiger partial charge in [0.25, 0.3) is 0 Å². The molecule has 0 aromatic heterocycles. The lowest BCUT2D eigenvalue weighted by Crippen LogP contribution is -2.57. The molecule has 0 radical (unpaired) electrons. The largest absolute Gasteiger partial charge is 0.384 e. The monoisotopic (exact) mass is 275 g/mol. The lowest BCUT2D eigenvalue weighted by molar-refractivity contribution is -0.133. The summed E-state index contributed by atoms with van der Waals surface area (Å²) in [5.41, 5.74) is 8.25. The van der Waals surface area contributed by atoms with Crippen LogP contribution in [-0.4, -0.2) is 30.1 Å². The Morgan fingerprint density at radius 3 is 2.25 bits per heavy atom. The summed E-state index contributed by atoms with van der Waals surface area (Å²) >= 11 is 0. The van der Waals surface area contributed by atoms with Crippen molar-refractivity contribution in [3.8, 4) is 0 Å². The molecule has 1 saturated heterocycles. The van der Waals surface area contributed by atoms with E-state index in [1.54, 1.807) is 0 Å². The molecule has 1 heterocycles. The van der Waals surface area contributed by atoms with E-state index in [4.69, 9.17) is 15.9 Å². The first-order valence-electron chi connectivity index (χ1n) is 7.00. The smallest absolute Gasteiger partial charge is 0.124 e. The zero-order valence-corrected chi connectivity index (χ0v) is 13.1. The van der Waals surface area contributed by atoms with Crippen LogP contribution in [0.1, 0.15) is 38.8 Å².